The van der Waals surface area contributed by atoms with Gasteiger partial charge in [-0.2, -0.15) is 0 Å². The molecule has 19 heavy (non-hydrogen) atoms. The molecular formula is C17H25NO. The predicted octanol–water partition coefficient (Wildman–Crippen LogP) is 4.17. The number of hydrogen-bond donors (Lipinski definition) is 1. The van der Waals surface area contributed by atoms with Gasteiger partial charge in [-0.15, -0.1) is 0 Å². The molecule has 0 amide bonds. The van der Waals surface area contributed by atoms with Gasteiger partial charge in [0, 0.05) is 5.41 Å². The highest BCUT2D eigenvalue weighted by Crippen LogP contribution is 2.66. The Bertz CT molecular complexity index is 508. The van der Waals surface area contributed by atoms with Crippen LogP contribution >= 0.6 is 0 Å². The monoisotopic (exact) mass is 259 g/mol. The van der Waals surface area contributed by atoms with E-state index in [9.17, 15) is 0 Å². The maximum atomic E-state index is 6.33. The van der Waals surface area contributed by atoms with E-state index in [1.807, 2.05) is 25.1 Å². The van der Waals surface area contributed by atoms with E-state index in [4.69, 9.17) is 10.5 Å². The summed E-state index contributed by atoms with van der Waals surface area (Å²) in [7, 11) is 0. The average Bonchev–Trinajstić information content (AvgIpc) is 2.68. The van der Waals surface area contributed by atoms with Crippen LogP contribution in [0.4, 0.5) is 5.69 Å². The second-order valence-corrected chi connectivity index (χ2v) is 7.20. The molecule has 2 heteroatoms. The largest absolute Gasteiger partial charge is 0.488 e. The van der Waals surface area contributed by atoms with E-state index in [1.165, 1.54) is 19.3 Å². The van der Waals surface area contributed by atoms with Gasteiger partial charge in [-0.3, -0.25) is 0 Å². The first-order valence-electron chi connectivity index (χ1n) is 7.38. The Morgan fingerprint density at radius 1 is 1.26 bits per heavy atom. The molecule has 0 aliphatic heterocycles. The molecule has 3 atom stereocenters. The quantitative estimate of drug-likeness (QED) is 0.809. The average molecular weight is 259 g/mol. The van der Waals surface area contributed by atoms with Crippen LogP contribution in [0.15, 0.2) is 18.2 Å². The van der Waals surface area contributed by atoms with Gasteiger partial charge in [-0.1, -0.05) is 32.9 Å². The number of benzene rings is 1. The van der Waals surface area contributed by atoms with Gasteiger partial charge in [-0.25, -0.2) is 0 Å². The van der Waals surface area contributed by atoms with E-state index < -0.39 is 0 Å². The van der Waals surface area contributed by atoms with Crippen LogP contribution in [0.1, 0.15) is 45.6 Å². The third-order valence-electron chi connectivity index (χ3n) is 6.27. The fraction of sp³-hybridized carbons (Fsp3) is 0.647. The molecule has 2 bridgehead atoms. The molecule has 2 aliphatic rings. The third-order valence-corrected chi connectivity index (χ3v) is 6.27. The van der Waals surface area contributed by atoms with Gasteiger partial charge in [0.2, 0.25) is 0 Å². The second-order valence-electron chi connectivity index (χ2n) is 7.20. The number of nitrogen functional groups attached to an aromatic ring is 1. The fourth-order valence-corrected chi connectivity index (χ4v) is 4.22. The molecule has 2 fully saturated rings. The standard InChI is InChI=1S/C17H25NO/c1-11-6-5-7-13(15(11)18)19-14-10-12-8-9-17(14,4)16(12,2)3/h5-7,12,14H,8-10,18H2,1-4H3. The molecular weight excluding hydrogens is 234 g/mol. The van der Waals surface area contributed by atoms with Crippen molar-refractivity contribution in [2.75, 3.05) is 5.73 Å². The normalized spacial score (nSPS) is 35.6. The van der Waals surface area contributed by atoms with Crippen molar-refractivity contribution in [1.29, 1.82) is 0 Å². The number of anilines is 1. The maximum Gasteiger partial charge on any atom is 0.142 e. The summed E-state index contributed by atoms with van der Waals surface area (Å²) < 4.78 is 6.33. The lowest BCUT2D eigenvalue weighted by atomic mass is 9.70. The SMILES string of the molecule is Cc1cccc(OC2CC3CCC2(C)C3(C)C)c1N. The summed E-state index contributed by atoms with van der Waals surface area (Å²) in [5.74, 6) is 1.67. The van der Waals surface area contributed by atoms with Crippen molar-refractivity contribution in [3.8, 4) is 5.75 Å². The molecule has 2 saturated carbocycles. The van der Waals surface area contributed by atoms with E-state index >= 15 is 0 Å². The Morgan fingerprint density at radius 2 is 2.00 bits per heavy atom. The van der Waals surface area contributed by atoms with Gasteiger partial charge in [0.1, 0.15) is 11.9 Å². The molecule has 0 saturated heterocycles. The van der Waals surface area contributed by atoms with E-state index in [1.54, 1.807) is 0 Å². The van der Waals surface area contributed by atoms with Crippen molar-refractivity contribution < 1.29 is 4.74 Å². The molecule has 3 rings (SSSR count). The van der Waals surface area contributed by atoms with Crippen molar-refractivity contribution in [1.82, 2.24) is 0 Å². The summed E-state index contributed by atoms with van der Waals surface area (Å²) in [5, 5.41) is 0. The molecule has 1 aromatic rings. The highest BCUT2D eigenvalue weighted by molar-refractivity contribution is 5.58. The lowest BCUT2D eigenvalue weighted by Crippen LogP contribution is -2.39. The van der Waals surface area contributed by atoms with Crippen LogP contribution in [0.25, 0.3) is 0 Å². The molecule has 1 aromatic carbocycles. The van der Waals surface area contributed by atoms with E-state index in [2.05, 4.69) is 20.8 Å². The molecule has 3 unspecified atom stereocenters. The lowest BCUT2D eigenvalue weighted by Gasteiger charge is -2.39. The zero-order chi connectivity index (χ0) is 13.8. The minimum absolute atomic E-state index is 0.286. The maximum absolute atomic E-state index is 6.33. The summed E-state index contributed by atoms with van der Waals surface area (Å²) in [6.07, 6.45) is 4.12. The molecule has 0 radical (unpaired) electrons. The fourth-order valence-electron chi connectivity index (χ4n) is 4.22. The molecule has 0 aromatic heterocycles. The van der Waals surface area contributed by atoms with Crippen LogP contribution in [-0.4, -0.2) is 6.10 Å². The molecule has 0 spiro atoms. The summed E-state index contributed by atoms with van der Waals surface area (Å²) in [4.78, 5) is 0. The topological polar surface area (TPSA) is 35.2 Å². The summed E-state index contributed by atoms with van der Waals surface area (Å²) in [6.45, 7) is 9.26. The first kappa shape index (κ1) is 12.8. The zero-order valence-corrected chi connectivity index (χ0v) is 12.5. The molecule has 2 nitrogen and oxygen atoms in total. The van der Waals surface area contributed by atoms with Crippen molar-refractivity contribution in [3.05, 3.63) is 23.8 Å². The number of rotatable bonds is 2. The van der Waals surface area contributed by atoms with Crippen LogP contribution < -0.4 is 10.5 Å². The predicted molar refractivity (Wildman–Crippen MR) is 79.2 cm³/mol. The highest BCUT2D eigenvalue weighted by atomic mass is 16.5. The van der Waals surface area contributed by atoms with Crippen molar-refractivity contribution in [2.24, 2.45) is 16.7 Å². The van der Waals surface area contributed by atoms with E-state index in [0.29, 0.717) is 11.5 Å². The Morgan fingerprint density at radius 3 is 2.58 bits per heavy atom. The minimum atomic E-state index is 0.286. The Hall–Kier alpha value is -1.18. The lowest BCUT2D eigenvalue weighted by molar-refractivity contribution is 0.0306. The smallest absolute Gasteiger partial charge is 0.142 e. The second kappa shape index (κ2) is 3.91. The molecule has 0 heterocycles. The van der Waals surface area contributed by atoms with E-state index in [0.717, 1.165) is 22.9 Å². The molecule has 2 aliphatic carbocycles. The van der Waals surface area contributed by atoms with Gasteiger partial charge in [0.25, 0.3) is 0 Å². The minimum Gasteiger partial charge on any atom is -0.488 e. The van der Waals surface area contributed by atoms with Gasteiger partial charge >= 0.3 is 0 Å². The summed E-state index contributed by atoms with van der Waals surface area (Å²) in [6, 6.07) is 6.07. The number of para-hydroxylation sites is 1. The Labute approximate surface area is 116 Å². The van der Waals surface area contributed by atoms with Crippen LogP contribution in [-0.2, 0) is 0 Å². The van der Waals surface area contributed by atoms with Crippen LogP contribution in [0, 0.1) is 23.7 Å². The zero-order valence-electron chi connectivity index (χ0n) is 12.5. The highest BCUT2D eigenvalue weighted by Gasteiger charge is 2.62. The first-order valence-corrected chi connectivity index (χ1v) is 7.38. The molecule has 2 N–H and O–H groups in total. The Balaban J connectivity index is 1.88. The molecule has 104 valence electrons. The summed E-state index contributed by atoms with van der Waals surface area (Å²) >= 11 is 0. The van der Waals surface area contributed by atoms with Crippen molar-refractivity contribution in [3.63, 3.8) is 0 Å². The number of fused-ring (bicyclic) bond motifs is 2. The number of hydrogen-bond acceptors (Lipinski definition) is 2. The van der Waals surface area contributed by atoms with Gasteiger partial charge in [0.05, 0.1) is 5.69 Å². The van der Waals surface area contributed by atoms with Crippen molar-refractivity contribution >= 4 is 5.69 Å². The van der Waals surface area contributed by atoms with Crippen LogP contribution in [0.5, 0.6) is 5.75 Å². The van der Waals surface area contributed by atoms with Gasteiger partial charge in [-0.05, 0) is 49.1 Å². The first-order chi connectivity index (χ1) is 8.86. The number of nitrogens with two attached hydrogens (primary N) is 1. The van der Waals surface area contributed by atoms with Crippen LogP contribution in [0.3, 0.4) is 0 Å². The summed E-state index contributed by atoms with van der Waals surface area (Å²) in [5.41, 5.74) is 8.72. The van der Waals surface area contributed by atoms with Gasteiger partial charge in [0.15, 0.2) is 0 Å². The Kier molecular flexibility index (Phi) is 2.64. The van der Waals surface area contributed by atoms with E-state index in [-0.39, 0.29) is 5.41 Å². The number of aryl methyl sites for hydroxylation is 1. The van der Waals surface area contributed by atoms with Crippen LogP contribution in [0.2, 0.25) is 0 Å². The van der Waals surface area contributed by atoms with Crippen molar-refractivity contribution in [2.45, 2.75) is 53.1 Å². The third kappa shape index (κ3) is 1.62. The van der Waals surface area contributed by atoms with Gasteiger partial charge < -0.3 is 10.5 Å². The number of ether oxygens (including phenoxy) is 1.